The average Bonchev–Trinajstić information content (AvgIpc) is 3.48. The normalized spacial score (nSPS) is 24.8. The minimum absolute atomic E-state index is 0.0784. The van der Waals surface area contributed by atoms with Crippen molar-refractivity contribution in [2.24, 2.45) is 13.0 Å². The van der Waals surface area contributed by atoms with Crippen LogP contribution >= 0.6 is 0 Å². The Kier molecular flexibility index (Phi) is 7.29. The number of benzene rings is 1. The molecular weight excluding hydrogens is 520 g/mol. The summed E-state index contributed by atoms with van der Waals surface area (Å²) in [7, 11) is 1.83. The van der Waals surface area contributed by atoms with Crippen molar-refractivity contribution in [3.05, 3.63) is 59.4 Å². The topological polar surface area (TPSA) is 113 Å². The molecule has 10 heteroatoms. The molecule has 2 fully saturated rings. The molecule has 3 aromatic rings. The molecule has 0 radical (unpaired) electrons. The molecule has 2 aromatic heterocycles. The van der Waals surface area contributed by atoms with Gasteiger partial charge in [-0.15, -0.1) is 0 Å². The average molecular weight is 559 g/mol. The van der Waals surface area contributed by atoms with Crippen molar-refractivity contribution in [2.45, 2.75) is 70.7 Å². The molecular formula is C31H38N6O4. The summed E-state index contributed by atoms with van der Waals surface area (Å²) in [4.78, 5) is 37.3. The molecule has 3 amide bonds. The van der Waals surface area contributed by atoms with E-state index in [1.165, 1.54) is 24.2 Å². The van der Waals surface area contributed by atoms with Gasteiger partial charge in [0.15, 0.2) is 5.82 Å². The van der Waals surface area contributed by atoms with Crippen LogP contribution in [0.1, 0.15) is 62.8 Å². The Bertz CT molecular complexity index is 1450. The molecule has 6 rings (SSSR count). The lowest BCUT2D eigenvalue weighted by atomic mass is 9.88. The first-order valence-electron chi connectivity index (χ1n) is 14.5. The van der Waals surface area contributed by atoms with Crippen molar-refractivity contribution in [1.29, 1.82) is 0 Å². The zero-order valence-corrected chi connectivity index (χ0v) is 24.0. The number of hydrogen-bond acceptors (Lipinski definition) is 7. The summed E-state index contributed by atoms with van der Waals surface area (Å²) in [5.74, 6) is 2.41. The largest absolute Gasteiger partial charge is 0.490 e. The fourth-order valence-electron chi connectivity index (χ4n) is 6.34. The molecule has 1 aliphatic carbocycles. The number of hydrogen-bond donors (Lipinski definition) is 2. The molecule has 2 aliphatic heterocycles. The van der Waals surface area contributed by atoms with Crippen LogP contribution in [-0.4, -0.2) is 55.7 Å². The highest BCUT2D eigenvalue weighted by molar-refractivity contribution is 6.05. The van der Waals surface area contributed by atoms with Gasteiger partial charge in [0.2, 0.25) is 5.91 Å². The predicted molar refractivity (Wildman–Crippen MR) is 154 cm³/mol. The number of nitrogens with one attached hydrogen (secondary N) is 1. The summed E-state index contributed by atoms with van der Waals surface area (Å²) in [5.41, 5.74) is 3.04. The highest BCUT2D eigenvalue weighted by atomic mass is 16.5. The van der Waals surface area contributed by atoms with Crippen molar-refractivity contribution in [3.8, 4) is 17.3 Å². The number of rotatable bonds is 7. The predicted octanol–water partition coefficient (Wildman–Crippen LogP) is 4.11. The number of aliphatic hydroxyl groups excluding tert-OH is 1. The smallest absolute Gasteiger partial charge is 0.329 e. The first-order chi connectivity index (χ1) is 19.8. The lowest BCUT2D eigenvalue weighted by Gasteiger charge is -2.34. The van der Waals surface area contributed by atoms with Gasteiger partial charge in [-0.1, -0.05) is 31.5 Å². The maximum absolute atomic E-state index is 12.4. The van der Waals surface area contributed by atoms with Crippen molar-refractivity contribution in [2.75, 3.05) is 18.1 Å². The zero-order chi connectivity index (χ0) is 28.7. The summed E-state index contributed by atoms with van der Waals surface area (Å²) >= 11 is 0. The van der Waals surface area contributed by atoms with E-state index in [9.17, 15) is 14.7 Å². The second kappa shape index (κ2) is 10.9. The number of amides is 3. The first kappa shape index (κ1) is 27.4. The monoisotopic (exact) mass is 558 g/mol. The number of fused-ring (bicyclic) bond motifs is 1. The number of carbonyl (C=O) groups excluding carboxylic acids is 2. The number of nitrogens with zero attached hydrogens (tertiary/aromatic N) is 5. The van der Waals surface area contributed by atoms with E-state index in [2.05, 4.69) is 52.5 Å². The van der Waals surface area contributed by atoms with Gasteiger partial charge in [0, 0.05) is 33.1 Å². The number of carbonyl (C=O) groups is 2. The quantitative estimate of drug-likeness (QED) is 0.449. The van der Waals surface area contributed by atoms with E-state index in [1.54, 1.807) is 6.20 Å². The molecule has 0 bridgehead atoms. The number of anilines is 1. The lowest BCUT2D eigenvalue weighted by Crippen LogP contribution is -2.50. The van der Waals surface area contributed by atoms with Gasteiger partial charge in [-0.05, 0) is 61.4 Å². The number of imide groups is 1. The fourth-order valence-corrected chi connectivity index (χ4v) is 6.34. The Morgan fingerprint density at radius 1 is 1.12 bits per heavy atom. The van der Waals surface area contributed by atoms with Crippen molar-refractivity contribution in [3.63, 3.8) is 0 Å². The van der Waals surface area contributed by atoms with Crippen LogP contribution < -0.4 is 15.0 Å². The Morgan fingerprint density at radius 3 is 2.63 bits per heavy atom. The van der Waals surface area contributed by atoms with Crippen LogP contribution in [-0.2, 0) is 30.5 Å². The lowest BCUT2D eigenvalue weighted by molar-refractivity contribution is -0.120. The molecule has 41 heavy (non-hydrogen) atoms. The fraction of sp³-hybridized carbons (Fsp3) is 0.484. The number of pyridine rings is 1. The van der Waals surface area contributed by atoms with Gasteiger partial charge in [-0.3, -0.25) is 19.9 Å². The molecule has 0 spiro atoms. The minimum Gasteiger partial charge on any atom is -0.490 e. The third kappa shape index (κ3) is 5.10. The van der Waals surface area contributed by atoms with E-state index in [0.717, 1.165) is 29.0 Å². The summed E-state index contributed by atoms with van der Waals surface area (Å²) in [5, 5.41) is 13.0. The SMILES string of the molecule is C[C@H]1CCCC[C@@H]1Oc1ccc(CN2Cc3ccc(-c4ncc(N5CCC(=O)NC5=O)n4C)nc3[C@]2(C)CO)cc1. The number of aromatic nitrogens is 3. The van der Waals surface area contributed by atoms with Gasteiger partial charge in [0.05, 0.1) is 24.0 Å². The molecule has 10 nitrogen and oxygen atoms in total. The number of urea groups is 1. The molecule has 2 N–H and O–H groups in total. The number of imidazole rings is 1. The second-order valence-corrected chi connectivity index (χ2v) is 11.8. The van der Waals surface area contributed by atoms with Gasteiger partial charge in [-0.2, -0.15) is 0 Å². The Labute approximate surface area is 240 Å². The third-order valence-corrected chi connectivity index (χ3v) is 9.00. The van der Waals surface area contributed by atoms with Crippen molar-refractivity contribution < 1.29 is 19.4 Å². The molecule has 1 aromatic carbocycles. The summed E-state index contributed by atoms with van der Waals surface area (Å²) in [6, 6.07) is 11.9. The van der Waals surface area contributed by atoms with Gasteiger partial charge in [0.25, 0.3) is 0 Å². The molecule has 1 saturated heterocycles. The summed E-state index contributed by atoms with van der Waals surface area (Å²) in [6.07, 6.45) is 7.03. The standard InChI is InChI=1S/C31H38N6O4/c1-20-6-4-5-7-25(20)41-23-11-8-21(9-12-23)17-36-18-22-10-13-24(33-28(22)31(36,2)19-38)29-32-16-27(35(29)3)37-15-14-26(39)34-30(37)40/h8-13,16,20,25,38H,4-7,14-15,17-19H2,1-3H3,(H,34,39,40)/t20-,25-,31-/m0/s1. The number of aliphatic hydroxyl groups is 1. The van der Waals surface area contributed by atoms with Crippen molar-refractivity contribution >= 4 is 17.8 Å². The van der Waals surface area contributed by atoms with Crippen LogP contribution in [0, 0.1) is 5.92 Å². The van der Waals surface area contributed by atoms with E-state index in [1.807, 2.05) is 24.6 Å². The van der Waals surface area contributed by atoms with Gasteiger partial charge >= 0.3 is 6.03 Å². The second-order valence-electron chi connectivity index (χ2n) is 11.8. The van der Waals surface area contributed by atoms with Crippen LogP contribution in [0.5, 0.6) is 5.75 Å². The highest BCUT2D eigenvalue weighted by Gasteiger charge is 2.42. The van der Waals surface area contributed by atoms with Gasteiger partial charge in [0.1, 0.15) is 23.4 Å². The van der Waals surface area contributed by atoms with Crippen LogP contribution in [0.25, 0.3) is 11.5 Å². The van der Waals surface area contributed by atoms with Crippen LogP contribution in [0.3, 0.4) is 0 Å². The summed E-state index contributed by atoms with van der Waals surface area (Å²) in [6.45, 7) is 5.86. The van der Waals surface area contributed by atoms with E-state index in [0.29, 0.717) is 42.9 Å². The molecule has 0 unspecified atom stereocenters. The van der Waals surface area contributed by atoms with E-state index < -0.39 is 11.6 Å². The molecule has 3 atom stereocenters. The van der Waals surface area contributed by atoms with Crippen molar-refractivity contribution in [1.82, 2.24) is 24.8 Å². The van der Waals surface area contributed by atoms with Gasteiger partial charge in [-0.25, -0.2) is 14.8 Å². The molecule has 216 valence electrons. The zero-order valence-electron chi connectivity index (χ0n) is 24.0. The van der Waals surface area contributed by atoms with Crippen LogP contribution in [0.15, 0.2) is 42.6 Å². The van der Waals surface area contributed by atoms with E-state index >= 15 is 0 Å². The van der Waals surface area contributed by atoms with E-state index in [-0.39, 0.29) is 25.0 Å². The number of ether oxygens (including phenoxy) is 1. The highest BCUT2D eigenvalue weighted by Crippen LogP contribution is 2.40. The van der Waals surface area contributed by atoms with Crippen LogP contribution in [0.4, 0.5) is 10.6 Å². The molecule has 3 aliphatic rings. The van der Waals surface area contributed by atoms with E-state index in [4.69, 9.17) is 9.72 Å². The maximum atomic E-state index is 12.4. The summed E-state index contributed by atoms with van der Waals surface area (Å²) < 4.78 is 8.12. The Balaban J connectivity index is 1.19. The maximum Gasteiger partial charge on any atom is 0.329 e. The Morgan fingerprint density at radius 2 is 1.90 bits per heavy atom. The first-order valence-corrected chi connectivity index (χ1v) is 14.5. The third-order valence-electron chi connectivity index (χ3n) is 9.00. The van der Waals surface area contributed by atoms with Crippen LogP contribution in [0.2, 0.25) is 0 Å². The minimum atomic E-state index is -0.668. The molecule has 4 heterocycles. The molecule has 1 saturated carbocycles. The van der Waals surface area contributed by atoms with Gasteiger partial charge < -0.3 is 14.4 Å². The Hall–Kier alpha value is -3.76.